The Morgan fingerprint density at radius 2 is 1.04 bits per heavy atom. The topological polar surface area (TPSA) is 38.9 Å². The van der Waals surface area contributed by atoms with Crippen molar-refractivity contribution in [2.75, 3.05) is 0 Å². The van der Waals surface area contributed by atoms with E-state index in [2.05, 4.69) is 115 Å². The Balaban J connectivity index is 1.22. The molecule has 0 amide bonds. The second-order valence-corrected chi connectivity index (χ2v) is 11.4. The van der Waals surface area contributed by atoms with E-state index in [-0.39, 0.29) is 0 Å². The maximum Gasteiger partial charge on any atom is 0.145 e. The van der Waals surface area contributed by atoms with Gasteiger partial charge in [-0.15, -0.1) is 0 Å². The standard InChI is InChI=1S/C42H26N2O/c1-3-12-28(13-4-1)37-24-32(25-38(44-37)29-14-5-2-6-15-29)31-19-21-36(43-26-31)35-23-30-16-8-10-18-34(30)41-40-33-17-9-7-11-27(33)20-22-39(40)45-42(35)41/h1-26H. The van der Waals surface area contributed by atoms with E-state index in [9.17, 15) is 0 Å². The molecule has 9 rings (SSSR count). The average molecular weight is 575 g/mol. The van der Waals surface area contributed by atoms with Crippen LogP contribution >= 0.6 is 0 Å². The largest absolute Gasteiger partial charge is 0.455 e. The highest BCUT2D eigenvalue weighted by molar-refractivity contribution is 6.28. The van der Waals surface area contributed by atoms with Gasteiger partial charge in [0.2, 0.25) is 0 Å². The van der Waals surface area contributed by atoms with Crippen LogP contribution in [0.5, 0.6) is 0 Å². The van der Waals surface area contributed by atoms with Gasteiger partial charge in [0, 0.05) is 39.2 Å². The Kier molecular flexibility index (Phi) is 5.82. The van der Waals surface area contributed by atoms with Gasteiger partial charge < -0.3 is 4.42 Å². The SMILES string of the molecule is c1ccc(-c2cc(-c3ccc(-c4cc5ccccc5c5c4oc4ccc6ccccc6c45)nc3)cc(-c3ccccc3)n2)cc1. The van der Waals surface area contributed by atoms with Crippen LogP contribution in [0.2, 0.25) is 0 Å². The van der Waals surface area contributed by atoms with E-state index >= 15 is 0 Å². The van der Waals surface area contributed by atoms with Crippen LogP contribution in [0, 0.1) is 0 Å². The molecule has 9 aromatic rings. The molecule has 210 valence electrons. The van der Waals surface area contributed by atoms with Crippen LogP contribution in [-0.2, 0) is 0 Å². The molecular formula is C42H26N2O. The normalized spacial score (nSPS) is 11.6. The molecule has 6 aromatic carbocycles. The van der Waals surface area contributed by atoms with Gasteiger partial charge in [0.25, 0.3) is 0 Å². The van der Waals surface area contributed by atoms with Crippen molar-refractivity contribution in [2.24, 2.45) is 0 Å². The van der Waals surface area contributed by atoms with E-state index in [0.29, 0.717) is 0 Å². The summed E-state index contributed by atoms with van der Waals surface area (Å²) >= 11 is 0. The zero-order valence-electron chi connectivity index (χ0n) is 24.3. The molecule has 0 aliphatic rings. The number of hydrogen-bond acceptors (Lipinski definition) is 3. The first-order valence-electron chi connectivity index (χ1n) is 15.2. The molecule has 0 saturated heterocycles. The van der Waals surface area contributed by atoms with Gasteiger partial charge in [-0.1, -0.05) is 121 Å². The molecule has 0 spiro atoms. The molecule has 3 heteroatoms. The fraction of sp³-hybridized carbons (Fsp3) is 0. The third-order valence-electron chi connectivity index (χ3n) is 8.69. The lowest BCUT2D eigenvalue weighted by Crippen LogP contribution is -1.92. The fourth-order valence-corrected chi connectivity index (χ4v) is 6.51. The van der Waals surface area contributed by atoms with Gasteiger partial charge in [-0.05, 0) is 57.4 Å². The van der Waals surface area contributed by atoms with Crippen LogP contribution in [-0.4, -0.2) is 9.97 Å². The number of nitrogens with zero attached hydrogens (tertiary/aromatic N) is 2. The highest BCUT2D eigenvalue weighted by Gasteiger charge is 2.19. The Morgan fingerprint density at radius 3 is 1.71 bits per heavy atom. The second kappa shape index (κ2) is 10.3. The van der Waals surface area contributed by atoms with Gasteiger partial charge in [-0.2, -0.15) is 0 Å². The number of pyridine rings is 2. The van der Waals surface area contributed by atoms with Crippen molar-refractivity contribution >= 4 is 43.5 Å². The molecule has 0 atom stereocenters. The van der Waals surface area contributed by atoms with E-state index in [1.54, 1.807) is 0 Å². The highest BCUT2D eigenvalue weighted by atomic mass is 16.3. The molecule has 3 aromatic heterocycles. The van der Waals surface area contributed by atoms with Crippen LogP contribution in [0.3, 0.4) is 0 Å². The monoisotopic (exact) mass is 574 g/mol. The summed E-state index contributed by atoms with van der Waals surface area (Å²) in [7, 11) is 0. The molecule has 0 aliphatic carbocycles. The summed E-state index contributed by atoms with van der Waals surface area (Å²) in [4.78, 5) is 10.1. The molecule has 0 unspecified atom stereocenters. The van der Waals surface area contributed by atoms with Crippen molar-refractivity contribution in [3.63, 3.8) is 0 Å². The van der Waals surface area contributed by atoms with Crippen LogP contribution in [0.1, 0.15) is 0 Å². The lowest BCUT2D eigenvalue weighted by molar-refractivity contribution is 0.670. The molecule has 0 fully saturated rings. The maximum atomic E-state index is 6.65. The number of benzene rings is 6. The Labute approximate surface area is 260 Å². The van der Waals surface area contributed by atoms with Crippen molar-refractivity contribution in [1.29, 1.82) is 0 Å². The van der Waals surface area contributed by atoms with E-state index in [4.69, 9.17) is 14.4 Å². The van der Waals surface area contributed by atoms with Crippen molar-refractivity contribution in [3.8, 4) is 44.9 Å². The minimum atomic E-state index is 0.863. The highest BCUT2D eigenvalue weighted by Crippen LogP contribution is 2.43. The molecule has 0 bridgehead atoms. The number of fused-ring (bicyclic) bond motifs is 7. The lowest BCUT2D eigenvalue weighted by atomic mass is 9.96. The van der Waals surface area contributed by atoms with Crippen LogP contribution in [0.15, 0.2) is 162 Å². The van der Waals surface area contributed by atoms with Gasteiger partial charge in [-0.3, -0.25) is 4.98 Å². The van der Waals surface area contributed by atoms with Crippen molar-refractivity contribution in [2.45, 2.75) is 0 Å². The zero-order chi connectivity index (χ0) is 29.7. The minimum absolute atomic E-state index is 0.863. The van der Waals surface area contributed by atoms with Gasteiger partial charge in [0.1, 0.15) is 11.2 Å². The number of furan rings is 1. The summed E-state index contributed by atoms with van der Waals surface area (Å²) in [6.45, 7) is 0. The summed E-state index contributed by atoms with van der Waals surface area (Å²) in [6.07, 6.45) is 1.97. The second-order valence-electron chi connectivity index (χ2n) is 11.4. The zero-order valence-corrected chi connectivity index (χ0v) is 24.3. The molecule has 3 heterocycles. The number of hydrogen-bond donors (Lipinski definition) is 0. The summed E-state index contributed by atoms with van der Waals surface area (Å²) in [5.41, 5.74) is 9.73. The minimum Gasteiger partial charge on any atom is -0.455 e. The van der Waals surface area contributed by atoms with Gasteiger partial charge in [0.15, 0.2) is 0 Å². The average Bonchev–Trinajstić information content (AvgIpc) is 3.53. The molecule has 45 heavy (non-hydrogen) atoms. The third-order valence-corrected chi connectivity index (χ3v) is 8.69. The van der Waals surface area contributed by atoms with E-state index in [0.717, 1.165) is 72.2 Å². The van der Waals surface area contributed by atoms with E-state index in [1.807, 2.05) is 42.6 Å². The first-order valence-corrected chi connectivity index (χ1v) is 15.2. The van der Waals surface area contributed by atoms with Crippen LogP contribution < -0.4 is 0 Å². The summed E-state index contributed by atoms with van der Waals surface area (Å²) in [5.74, 6) is 0. The third kappa shape index (κ3) is 4.29. The predicted molar refractivity (Wildman–Crippen MR) is 186 cm³/mol. The van der Waals surface area contributed by atoms with Crippen molar-refractivity contribution in [1.82, 2.24) is 9.97 Å². The predicted octanol–water partition coefficient (Wildman–Crippen LogP) is 11.4. The Morgan fingerprint density at radius 1 is 0.422 bits per heavy atom. The summed E-state index contributed by atoms with van der Waals surface area (Å²) in [5, 5.41) is 7.02. The Hall–Kier alpha value is -6.06. The molecule has 0 aliphatic heterocycles. The van der Waals surface area contributed by atoms with E-state index in [1.165, 1.54) is 16.2 Å². The molecule has 0 radical (unpaired) electrons. The maximum absolute atomic E-state index is 6.65. The van der Waals surface area contributed by atoms with Crippen molar-refractivity contribution in [3.05, 3.63) is 158 Å². The molecule has 0 N–H and O–H groups in total. The first-order chi connectivity index (χ1) is 22.3. The molecule has 0 saturated carbocycles. The molecule has 3 nitrogen and oxygen atoms in total. The number of rotatable bonds is 4. The van der Waals surface area contributed by atoms with Gasteiger partial charge in [-0.25, -0.2) is 4.98 Å². The summed E-state index contributed by atoms with van der Waals surface area (Å²) in [6, 6.07) is 52.7. The van der Waals surface area contributed by atoms with Gasteiger partial charge >= 0.3 is 0 Å². The smallest absolute Gasteiger partial charge is 0.145 e. The van der Waals surface area contributed by atoms with Crippen LogP contribution in [0.25, 0.3) is 88.4 Å². The fourth-order valence-electron chi connectivity index (χ4n) is 6.51. The first kappa shape index (κ1) is 25.4. The number of aromatic nitrogens is 2. The Bertz CT molecular complexity index is 2460. The van der Waals surface area contributed by atoms with Gasteiger partial charge in [0.05, 0.1) is 17.1 Å². The van der Waals surface area contributed by atoms with Crippen molar-refractivity contribution < 1.29 is 4.42 Å². The lowest BCUT2D eigenvalue weighted by Gasteiger charge is -2.11. The van der Waals surface area contributed by atoms with Crippen LogP contribution in [0.4, 0.5) is 0 Å². The quantitative estimate of drug-likeness (QED) is 0.210. The molecular weight excluding hydrogens is 548 g/mol. The summed E-state index contributed by atoms with van der Waals surface area (Å²) < 4.78 is 6.65. The van der Waals surface area contributed by atoms with E-state index < -0.39 is 0 Å².